The zero-order valence-corrected chi connectivity index (χ0v) is 15.5. The van der Waals surface area contributed by atoms with Gasteiger partial charge in [-0.15, -0.1) is 0 Å². The van der Waals surface area contributed by atoms with Gasteiger partial charge >= 0.3 is 0 Å². The summed E-state index contributed by atoms with van der Waals surface area (Å²) >= 11 is 0. The Bertz CT molecular complexity index is 753. The highest BCUT2D eigenvalue weighted by Crippen LogP contribution is 2.40. The van der Waals surface area contributed by atoms with E-state index >= 15 is 0 Å². The molecule has 0 spiro atoms. The molecular formula is C21H28N4. The molecule has 4 rings (SSSR count). The van der Waals surface area contributed by atoms with E-state index in [1.807, 2.05) is 0 Å². The van der Waals surface area contributed by atoms with E-state index in [9.17, 15) is 0 Å². The van der Waals surface area contributed by atoms with E-state index in [2.05, 4.69) is 61.3 Å². The molecule has 2 atom stereocenters. The molecule has 4 nitrogen and oxygen atoms in total. The van der Waals surface area contributed by atoms with Crippen LogP contribution in [0.15, 0.2) is 30.3 Å². The maximum Gasteiger partial charge on any atom is 0.136 e. The van der Waals surface area contributed by atoms with Crippen molar-refractivity contribution < 1.29 is 0 Å². The third-order valence-electron chi connectivity index (χ3n) is 5.48. The number of hydrogen-bond donors (Lipinski definition) is 1. The van der Waals surface area contributed by atoms with Crippen LogP contribution in [0.2, 0.25) is 0 Å². The maximum absolute atomic E-state index is 4.95. The molecule has 0 radical (unpaired) electrons. The van der Waals surface area contributed by atoms with Crippen LogP contribution >= 0.6 is 0 Å². The molecule has 0 saturated heterocycles. The highest BCUT2D eigenvalue weighted by molar-refractivity contribution is 5.53. The number of rotatable bonds is 5. The van der Waals surface area contributed by atoms with Gasteiger partial charge in [-0.05, 0) is 50.7 Å². The SMILES string of the molecule is CC[C@@H](C)Nc1cc(N2Cc3ccccc3C[C@@H]2C)nc(C2CC2)n1. The van der Waals surface area contributed by atoms with Crippen LogP contribution < -0.4 is 10.2 Å². The van der Waals surface area contributed by atoms with Gasteiger partial charge < -0.3 is 10.2 Å². The standard InChI is InChI=1S/C21H28N4/c1-4-14(2)22-19-12-20(24-21(23-19)16-9-10-16)25-13-18-8-6-5-7-17(18)11-15(25)3/h5-8,12,14-16H,4,9-11,13H2,1-3H3,(H,22,23,24)/t14-,15+/m1/s1. The minimum atomic E-state index is 0.425. The molecule has 1 saturated carbocycles. The lowest BCUT2D eigenvalue weighted by Crippen LogP contribution is -2.39. The molecule has 1 aliphatic carbocycles. The molecule has 132 valence electrons. The fourth-order valence-corrected chi connectivity index (χ4v) is 3.54. The summed E-state index contributed by atoms with van der Waals surface area (Å²) in [5.74, 6) is 3.64. The van der Waals surface area contributed by atoms with E-state index < -0.39 is 0 Å². The largest absolute Gasteiger partial charge is 0.367 e. The third-order valence-corrected chi connectivity index (χ3v) is 5.48. The maximum atomic E-state index is 4.95. The number of aromatic nitrogens is 2. The van der Waals surface area contributed by atoms with Gasteiger partial charge in [-0.1, -0.05) is 31.2 Å². The summed E-state index contributed by atoms with van der Waals surface area (Å²) < 4.78 is 0. The topological polar surface area (TPSA) is 41.0 Å². The van der Waals surface area contributed by atoms with Crippen LogP contribution in [-0.2, 0) is 13.0 Å². The van der Waals surface area contributed by atoms with E-state index in [0.717, 1.165) is 36.8 Å². The van der Waals surface area contributed by atoms with Crippen molar-refractivity contribution in [3.05, 3.63) is 47.3 Å². The highest BCUT2D eigenvalue weighted by Gasteiger charge is 2.30. The first kappa shape index (κ1) is 16.4. The van der Waals surface area contributed by atoms with Crippen LogP contribution in [-0.4, -0.2) is 22.1 Å². The van der Waals surface area contributed by atoms with Gasteiger partial charge in [0.15, 0.2) is 0 Å². The second kappa shape index (κ2) is 6.66. The lowest BCUT2D eigenvalue weighted by molar-refractivity contribution is 0.584. The van der Waals surface area contributed by atoms with E-state index in [0.29, 0.717) is 18.0 Å². The number of fused-ring (bicyclic) bond motifs is 1. The average molecular weight is 336 g/mol. The van der Waals surface area contributed by atoms with Crippen molar-refractivity contribution in [1.29, 1.82) is 0 Å². The van der Waals surface area contributed by atoms with Crippen molar-refractivity contribution in [3.63, 3.8) is 0 Å². The summed E-state index contributed by atoms with van der Waals surface area (Å²) in [4.78, 5) is 12.2. The number of nitrogens with one attached hydrogen (secondary N) is 1. The van der Waals surface area contributed by atoms with Crippen LogP contribution in [0.25, 0.3) is 0 Å². The third kappa shape index (κ3) is 3.48. The first-order chi connectivity index (χ1) is 12.1. The monoisotopic (exact) mass is 336 g/mol. The first-order valence-electron chi connectivity index (χ1n) is 9.63. The number of hydrogen-bond acceptors (Lipinski definition) is 4. The highest BCUT2D eigenvalue weighted by atomic mass is 15.2. The molecule has 1 aliphatic heterocycles. The zero-order chi connectivity index (χ0) is 17.4. The molecular weight excluding hydrogens is 308 g/mol. The molecule has 2 aromatic rings. The Kier molecular flexibility index (Phi) is 4.36. The van der Waals surface area contributed by atoms with Crippen molar-refractivity contribution in [2.75, 3.05) is 10.2 Å². The molecule has 4 heteroatoms. The Hall–Kier alpha value is -2.10. The van der Waals surface area contributed by atoms with Crippen LogP contribution in [0.3, 0.4) is 0 Å². The van der Waals surface area contributed by atoms with Crippen LogP contribution in [0, 0.1) is 0 Å². The molecule has 0 unspecified atom stereocenters. The lowest BCUT2D eigenvalue weighted by Gasteiger charge is -2.36. The van der Waals surface area contributed by atoms with Crippen molar-refractivity contribution in [2.45, 2.75) is 71.0 Å². The molecule has 1 N–H and O–H groups in total. The Balaban J connectivity index is 1.66. The molecule has 0 bridgehead atoms. The summed E-state index contributed by atoms with van der Waals surface area (Å²) in [6, 6.07) is 11.8. The van der Waals surface area contributed by atoms with Crippen LogP contribution in [0.5, 0.6) is 0 Å². The Morgan fingerprint density at radius 3 is 2.68 bits per heavy atom. The van der Waals surface area contributed by atoms with Crippen LogP contribution in [0.1, 0.15) is 62.9 Å². The summed E-state index contributed by atoms with van der Waals surface area (Å²) in [5, 5.41) is 3.55. The molecule has 1 aromatic heterocycles. The quantitative estimate of drug-likeness (QED) is 0.872. The molecule has 1 fully saturated rings. The predicted molar refractivity (Wildman–Crippen MR) is 103 cm³/mol. The lowest BCUT2D eigenvalue weighted by atomic mass is 9.95. The summed E-state index contributed by atoms with van der Waals surface area (Å²) in [6.07, 6.45) is 4.62. The van der Waals surface area contributed by atoms with Gasteiger partial charge in [0.25, 0.3) is 0 Å². The summed E-state index contributed by atoms with van der Waals surface area (Å²) in [5.41, 5.74) is 2.89. The number of benzene rings is 1. The minimum absolute atomic E-state index is 0.425. The van der Waals surface area contributed by atoms with Crippen molar-refractivity contribution in [1.82, 2.24) is 9.97 Å². The summed E-state index contributed by atoms with van der Waals surface area (Å²) in [7, 11) is 0. The molecule has 2 heterocycles. The molecule has 2 aliphatic rings. The van der Waals surface area contributed by atoms with Gasteiger partial charge in [0.2, 0.25) is 0 Å². The van der Waals surface area contributed by atoms with Gasteiger partial charge in [-0.3, -0.25) is 0 Å². The van der Waals surface area contributed by atoms with Crippen molar-refractivity contribution >= 4 is 11.6 Å². The number of nitrogens with zero attached hydrogens (tertiary/aromatic N) is 3. The second-order valence-corrected chi connectivity index (χ2v) is 7.65. The zero-order valence-electron chi connectivity index (χ0n) is 15.5. The van der Waals surface area contributed by atoms with Gasteiger partial charge in [0.1, 0.15) is 17.5 Å². The van der Waals surface area contributed by atoms with Gasteiger partial charge in [-0.25, -0.2) is 9.97 Å². The molecule has 25 heavy (non-hydrogen) atoms. The molecule has 0 amide bonds. The van der Waals surface area contributed by atoms with Gasteiger partial charge in [-0.2, -0.15) is 0 Å². The van der Waals surface area contributed by atoms with Crippen molar-refractivity contribution in [2.24, 2.45) is 0 Å². The smallest absolute Gasteiger partial charge is 0.136 e. The van der Waals surface area contributed by atoms with Gasteiger partial charge in [0, 0.05) is 30.6 Å². The minimum Gasteiger partial charge on any atom is -0.367 e. The van der Waals surface area contributed by atoms with Crippen LogP contribution in [0.4, 0.5) is 11.6 Å². The fourth-order valence-electron chi connectivity index (χ4n) is 3.54. The first-order valence-corrected chi connectivity index (χ1v) is 9.63. The Morgan fingerprint density at radius 1 is 1.20 bits per heavy atom. The number of anilines is 2. The Labute approximate surface area is 150 Å². The summed E-state index contributed by atoms with van der Waals surface area (Å²) in [6.45, 7) is 7.64. The van der Waals surface area contributed by atoms with E-state index in [1.54, 1.807) is 0 Å². The predicted octanol–water partition coefficient (Wildman–Crippen LogP) is 4.52. The normalized spacial score (nSPS) is 20.9. The molecule has 1 aromatic carbocycles. The van der Waals surface area contributed by atoms with Crippen molar-refractivity contribution in [3.8, 4) is 0 Å². The second-order valence-electron chi connectivity index (χ2n) is 7.65. The fraction of sp³-hybridized carbons (Fsp3) is 0.524. The van der Waals surface area contributed by atoms with E-state index in [4.69, 9.17) is 9.97 Å². The van der Waals surface area contributed by atoms with E-state index in [-0.39, 0.29) is 0 Å². The Morgan fingerprint density at radius 2 is 1.96 bits per heavy atom. The average Bonchev–Trinajstić information content (AvgIpc) is 3.46. The van der Waals surface area contributed by atoms with E-state index in [1.165, 1.54) is 24.0 Å². The van der Waals surface area contributed by atoms with Gasteiger partial charge in [0.05, 0.1) is 0 Å².